The predicted molar refractivity (Wildman–Crippen MR) is 81.2 cm³/mol. The van der Waals surface area contributed by atoms with Gasteiger partial charge in [0.1, 0.15) is 0 Å². The molecule has 4 heteroatoms. The minimum absolute atomic E-state index is 0.258. The number of halogens is 1. The van der Waals surface area contributed by atoms with Crippen molar-refractivity contribution in [3.63, 3.8) is 0 Å². The third kappa shape index (κ3) is 1.96. The van der Waals surface area contributed by atoms with E-state index in [2.05, 4.69) is 15.9 Å². The van der Waals surface area contributed by atoms with E-state index in [1.54, 1.807) is 18.2 Å². The Kier molecular flexibility index (Phi) is 2.98. The molecule has 0 aliphatic carbocycles. The maximum absolute atomic E-state index is 12.5. The number of imide groups is 1. The van der Waals surface area contributed by atoms with Crippen molar-refractivity contribution >= 4 is 33.4 Å². The van der Waals surface area contributed by atoms with E-state index < -0.39 is 0 Å². The van der Waals surface area contributed by atoms with Crippen LogP contribution in [0.15, 0.2) is 40.9 Å². The van der Waals surface area contributed by atoms with Crippen LogP contribution < -0.4 is 4.90 Å². The van der Waals surface area contributed by atoms with Crippen LogP contribution >= 0.6 is 15.9 Å². The Morgan fingerprint density at radius 2 is 1.55 bits per heavy atom. The van der Waals surface area contributed by atoms with E-state index in [0.29, 0.717) is 16.8 Å². The van der Waals surface area contributed by atoms with Crippen molar-refractivity contribution in [2.24, 2.45) is 0 Å². The van der Waals surface area contributed by atoms with Gasteiger partial charge in [-0.05, 0) is 49.7 Å². The summed E-state index contributed by atoms with van der Waals surface area (Å²) in [6.45, 7) is 3.83. The van der Waals surface area contributed by atoms with E-state index in [4.69, 9.17) is 0 Å². The van der Waals surface area contributed by atoms with Crippen LogP contribution in [0.25, 0.3) is 0 Å². The van der Waals surface area contributed by atoms with Crippen LogP contribution in [-0.2, 0) is 0 Å². The largest absolute Gasteiger partial charge is 0.268 e. The molecule has 2 aromatic carbocycles. The number of carbonyl (C=O) groups is 2. The van der Waals surface area contributed by atoms with Gasteiger partial charge in [-0.25, -0.2) is 4.90 Å². The van der Waals surface area contributed by atoms with Crippen LogP contribution in [0.2, 0.25) is 0 Å². The van der Waals surface area contributed by atoms with Gasteiger partial charge in [0.15, 0.2) is 0 Å². The van der Waals surface area contributed by atoms with Crippen molar-refractivity contribution in [1.29, 1.82) is 0 Å². The zero-order chi connectivity index (χ0) is 14.4. The summed E-state index contributed by atoms with van der Waals surface area (Å²) in [7, 11) is 0. The van der Waals surface area contributed by atoms with Crippen molar-refractivity contribution in [2.45, 2.75) is 13.8 Å². The fourth-order valence-corrected chi connectivity index (χ4v) is 3.03. The van der Waals surface area contributed by atoms with Crippen LogP contribution in [0.1, 0.15) is 31.8 Å². The predicted octanol–water partition coefficient (Wildman–Crippen LogP) is 3.87. The van der Waals surface area contributed by atoms with Gasteiger partial charge in [0.2, 0.25) is 0 Å². The Morgan fingerprint density at radius 1 is 0.850 bits per heavy atom. The molecule has 0 bridgehead atoms. The molecule has 1 aliphatic rings. The lowest BCUT2D eigenvalue weighted by molar-refractivity contribution is 0.0926. The number of hydrogen-bond donors (Lipinski definition) is 0. The van der Waals surface area contributed by atoms with Crippen molar-refractivity contribution in [2.75, 3.05) is 4.90 Å². The van der Waals surface area contributed by atoms with Crippen molar-refractivity contribution in [3.05, 3.63) is 63.1 Å². The van der Waals surface area contributed by atoms with Crippen LogP contribution in [0.4, 0.5) is 5.69 Å². The highest BCUT2D eigenvalue weighted by Gasteiger charge is 2.36. The maximum atomic E-state index is 12.5. The van der Waals surface area contributed by atoms with Crippen molar-refractivity contribution in [1.82, 2.24) is 0 Å². The lowest BCUT2D eigenvalue weighted by atomic mass is 10.1. The van der Waals surface area contributed by atoms with Crippen LogP contribution in [0.5, 0.6) is 0 Å². The summed E-state index contributed by atoms with van der Waals surface area (Å²) in [6, 6.07) is 10.9. The highest BCUT2D eigenvalue weighted by atomic mass is 79.9. The van der Waals surface area contributed by atoms with Crippen molar-refractivity contribution in [3.8, 4) is 0 Å². The van der Waals surface area contributed by atoms with E-state index in [1.165, 1.54) is 4.90 Å². The van der Waals surface area contributed by atoms with Gasteiger partial charge in [-0.15, -0.1) is 0 Å². The third-order valence-electron chi connectivity index (χ3n) is 3.33. The smallest absolute Gasteiger partial charge is 0.266 e. The fourth-order valence-electron chi connectivity index (χ4n) is 2.44. The molecule has 0 saturated carbocycles. The SMILES string of the molecule is Cc1cc(Br)cc(N2C(=O)c3ccc(C)cc3C2=O)c1. The number of rotatable bonds is 1. The average molecular weight is 330 g/mol. The Morgan fingerprint density at radius 3 is 2.25 bits per heavy atom. The molecule has 0 atom stereocenters. The lowest BCUT2D eigenvalue weighted by Gasteiger charge is -2.15. The zero-order valence-corrected chi connectivity index (χ0v) is 12.7. The number of aryl methyl sites for hydroxylation is 2. The highest BCUT2D eigenvalue weighted by Crippen LogP contribution is 2.31. The Hall–Kier alpha value is -1.94. The molecular formula is C16H12BrNO2. The molecule has 3 nitrogen and oxygen atoms in total. The molecule has 2 amide bonds. The highest BCUT2D eigenvalue weighted by molar-refractivity contribution is 9.10. The lowest BCUT2D eigenvalue weighted by Crippen LogP contribution is -2.29. The maximum Gasteiger partial charge on any atom is 0.266 e. The van der Waals surface area contributed by atoms with E-state index in [1.807, 2.05) is 32.0 Å². The number of hydrogen-bond acceptors (Lipinski definition) is 2. The number of benzene rings is 2. The molecule has 0 unspecified atom stereocenters. The molecule has 0 spiro atoms. The summed E-state index contributed by atoms with van der Waals surface area (Å²) in [6.07, 6.45) is 0. The third-order valence-corrected chi connectivity index (χ3v) is 3.78. The molecule has 2 aromatic rings. The molecular weight excluding hydrogens is 318 g/mol. The van der Waals surface area contributed by atoms with Gasteiger partial charge in [-0.2, -0.15) is 0 Å². The number of nitrogens with zero attached hydrogens (tertiary/aromatic N) is 1. The molecule has 0 N–H and O–H groups in total. The van der Waals surface area contributed by atoms with E-state index >= 15 is 0 Å². The number of fused-ring (bicyclic) bond motifs is 1. The number of carbonyl (C=O) groups excluding carboxylic acids is 2. The van der Waals surface area contributed by atoms with Crippen LogP contribution in [0.3, 0.4) is 0 Å². The molecule has 0 aromatic heterocycles. The minimum Gasteiger partial charge on any atom is -0.268 e. The van der Waals surface area contributed by atoms with Crippen LogP contribution in [0, 0.1) is 13.8 Å². The first-order chi connectivity index (χ1) is 9.47. The summed E-state index contributed by atoms with van der Waals surface area (Å²) in [5, 5.41) is 0. The molecule has 100 valence electrons. The number of anilines is 1. The quantitative estimate of drug-likeness (QED) is 0.745. The topological polar surface area (TPSA) is 37.4 Å². The molecule has 20 heavy (non-hydrogen) atoms. The van der Waals surface area contributed by atoms with Gasteiger partial charge < -0.3 is 0 Å². The van der Waals surface area contributed by atoms with Gasteiger partial charge in [0.25, 0.3) is 11.8 Å². The minimum atomic E-state index is -0.262. The summed E-state index contributed by atoms with van der Waals surface area (Å²) < 4.78 is 0.847. The molecule has 1 aliphatic heterocycles. The van der Waals surface area contributed by atoms with Gasteiger partial charge in [-0.1, -0.05) is 27.6 Å². The average Bonchev–Trinajstić information content (AvgIpc) is 2.60. The second-order valence-corrected chi connectivity index (χ2v) is 5.90. The number of amides is 2. The molecule has 0 saturated heterocycles. The first kappa shape index (κ1) is 13.1. The van der Waals surface area contributed by atoms with E-state index in [0.717, 1.165) is 15.6 Å². The van der Waals surface area contributed by atoms with Gasteiger partial charge >= 0.3 is 0 Å². The fraction of sp³-hybridized carbons (Fsp3) is 0.125. The molecule has 0 fully saturated rings. The second-order valence-electron chi connectivity index (χ2n) is 4.98. The van der Waals surface area contributed by atoms with Gasteiger partial charge in [0, 0.05) is 4.47 Å². The Labute approximate surface area is 125 Å². The van der Waals surface area contributed by atoms with E-state index in [9.17, 15) is 9.59 Å². The normalized spacial score (nSPS) is 13.8. The zero-order valence-electron chi connectivity index (χ0n) is 11.1. The monoisotopic (exact) mass is 329 g/mol. The first-order valence-corrected chi connectivity index (χ1v) is 7.03. The van der Waals surface area contributed by atoms with Gasteiger partial charge in [-0.3, -0.25) is 9.59 Å². The standard InChI is InChI=1S/C16H12BrNO2/c1-9-3-4-13-14(7-9)16(20)18(15(13)19)12-6-10(2)5-11(17)8-12/h3-8H,1-2H3. The Bertz CT molecular complexity index is 732. The summed E-state index contributed by atoms with van der Waals surface area (Å²) in [5.41, 5.74) is 3.51. The Balaban J connectivity index is 2.14. The molecule has 0 radical (unpaired) electrons. The van der Waals surface area contributed by atoms with E-state index in [-0.39, 0.29) is 11.8 Å². The van der Waals surface area contributed by atoms with Crippen molar-refractivity contribution < 1.29 is 9.59 Å². The second kappa shape index (κ2) is 4.56. The van der Waals surface area contributed by atoms with Gasteiger partial charge in [0.05, 0.1) is 16.8 Å². The summed E-state index contributed by atoms with van der Waals surface area (Å²) in [4.78, 5) is 26.1. The van der Waals surface area contributed by atoms with Crippen LogP contribution in [-0.4, -0.2) is 11.8 Å². The molecule has 1 heterocycles. The first-order valence-electron chi connectivity index (χ1n) is 6.24. The summed E-state index contributed by atoms with van der Waals surface area (Å²) >= 11 is 3.40. The molecule has 3 rings (SSSR count). The summed E-state index contributed by atoms with van der Waals surface area (Å²) in [5.74, 6) is -0.520.